The Hall–Kier alpha value is -2.15. The minimum atomic E-state index is -1.52. The first kappa shape index (κ1) is 16.3. The van der Waals surface area contributed by atoms with Crippen LogP contribution in [-0.4, -0.2) is 27.2 Å². The molecule has 134 valence electrons. The Balaban J connectivity index is 1.87. The molecule has 0 unspecified atom stereocenters. The van der Waals surface area contributed by atoms with Crippen LogP contribution in [0.2, 0.25) is 0 Å². The molecule has 1 aromatic carbocycles. The van der Waals surface area contributed by atoms with Crippen molar-refractivity contribution in [3.8, 4) is 5.75 Å². The van der Waals surface area contributed by atoms with Gasteiger partial charge < -0.3 is 15.1 Å². The van der Waals surface area contributed by atoms with Crippen LogP contribution >= 0.6 is 0 Å². The fourth-order valence-corrected chi connectivity index (χ4v) is 5.60. The molecule has 3 aliphatic rings. The van der Waals surface area contributed by atoms with Crippen molar-refractivity contribution in [2.24, 2.45) is 17.3 Å². The number of carbonyl (C=O) groups excluding carboxylic acids is 1. The van der Waals surface area contributed by atoms with Gasteiger partial charge in [-0.15, -0.1) is 10.1 Å². The first-order chi connectivity index (χ1) is 11.8. The predicted octanol–water partition coefficient (Wildman–Crippen LogP) is 2.11. The second-order valence-corrected chi connectivity index (χ2v) is 7.82. The molecule has 2 fully saturated rings. The number of hydrogen-bond donors (Lipinski definition) is 2. The number of Topliss-reactive ketones (excluding diaryl/α,β-unsaturated/α-hetero) is 1. The molecular weight excluding hydrogens is 326 g/mol. The number of phenolic OH excluding ortho intramolecular Hbond substituents is 1. The van der Waals surface area contributed by atoms with Crippen molar-refractivity contribution in [3.05, 3.63) is 39.4 Å². The van der Waals surface area contributed by atoms with Crippen molar-refractivity contribution < 1.29 is 24.9 Å². The molecule has 5 atom stereocenters. The second-order valence-electron chi connectivity index (χ2n) is 7.82. The number of ketones is 1. The molecule has 25 heavy (non-hydrogen) atoms. The summed E-state index contributed by atoms with van der Waals surface area (Å²) < 4.78 is 0. The van der Waals surface area contributed by atoms with Crippen LogP contribution in [0.4, 0.5) is 0 Å². The summed E-state index contributed by atoms with van der Waals surface area (Å²) in [6.45, 7) is 1.86. The zero-order valence-electron chi connectivity index (χ0n) is 14.0. The lowest BCUT2D eigenvalue weighted by molar-refractivity contribution is -0.775. The highest BCUT2D eigenvalue weighted by Gasteiger charge is 2.65. The highest BCUT2D eigenvalue weighted by Crippen LogP contribution is 2.61. The third-order valence-electron chi connectivity index (χ3n) is 6.75. The van der Waals surface area contributed by atoms with Crippen molar-refractivity contribution in [2.45, 2.75) is 50.7 Å². The number of benzene rings is 1. The van der Waals surface area contributed by atoms with Crippen molar-refractivity contribution in [3.63, 3.8) is 0 Å². The summed E-state index contributed by atoms with van der Waals surface area (Å²) in [5.41, 5.74) is -0.853. The normalized spacial score (nSPS) is 39.3. The van der Waals surface area contributed by atoms with Crippen LogP contribution in [0.25, 0.3) is 0 Å². The Morgan fingerprint density at radius 3 is 2.72 bits per heavy atom. The number of aryl methyl sites for hydroxylation is 1. The summed E-state index contributed by atoms with van der Waals surface area (Å²) in [7, 11) is 0. The van der Waals surface area contributed by atoms with Crippen LogP contribution in [0.3, 0.4) is 0 Å². The Kier molecular flexibility index (Phi) is 3.38. The largest absolute Gasteiger partial charge is 0.508 e. The molecule has 0 aliphatic heterocycles. The maximum absolute atomic E-state index is 12.5. The average molecular weight is 347 g/mol. The molecule has 1 aromatic rings. The lowest BCUT2D eigenvalue weighted by Gasteiger charge is -2.55. The Morgan fingerprint density at radius 1 is 1.28 bits per heavy atom. The first-order valence-electron chi connectivity index (χ1n) is 8.66. The van der Waals surface area contributed by atoms with Gasteiger partial charge in [0.05, 0.1) is 0 Å². The molecule has 2 N–H and O–H groups in total. The SMILES string of the molecule is C[C@]12C[C@H](O[N+](=O)[O-])[C@]3(O)c4ccc(O)cc4CC[C@H]3[C@@H]1CCC2=O. The van der Waals surface area contributed by atoms with Crippen LogP contribution in [0.5, 0.6) is 5.75 Å². The van der Waals surface area contributed by atoms with E-state index in [1.807, 2.05) is 6.92 Å². The smallest absolute Gasteiger partial charge is 0.294 e. The molecule has 0 aromatic heterocycles. The van der Waals surface area contributed by atoms with E-state index in [1.165, 1.54) is 6.07 Å². The Bertz CT molecular complexity index is 764. The molecule has 7 nitrogen and oxygen atoms in total. The highest BCUT2D eigenvalue weighted by molar-refractivity contribution is 5.87. The van der Waals surface area contributed by atoms with Crippen molar-refractivity contribution in [1.82, 2.24) is 0 Å². The fourth-order valence-electron chi connectivity index (χ4n) is 5.60. The molecule has 0 spiro atoms. The summed E-state index contributed by atoms with van der Waals surface area (Å²) in [4.78, 5) is 28.5. The Morgan fingerprint density at radius 2 is 2.00 bits per heavy atom. The maximum Gasteiger partial charge on any atom is 0.294 e. The van der Waals surface area contributed by atoms with Gasteiger partial charge in [-0.1, -0.05) is 13.0 Å². The summed E-state index contributed by atoms with van der Waals surface area (Å²) >= 11 is 0. The molecule has 0 saturated heterocycles. The van der Waals surface area contributed by atoms with E-state index in [9.17, 15) is 25.1 Å². The van der Waals surface area contributed by atoms with Crippen LogP contribution < -0.4 is 0 Å². The van der Waals surface area contributed by atoms with Gasteiger partial charge >= 0.3 is 0 Å². The van der Waals surface area contributed by atoms with Gasteiger partial charge in [-0.3, -0.25) is 4.79 Å². The third-order valence-corrected chi connectivity index (χ3v) is 6.75. The number of carbonyl (C=O) groups is 1. The minimum absolute atomic E-state index is 0.0152. The summed E-state index contributed by atoms with van der Waals surface area (Å²) in [5, 5.41) is 31.6. The summed E-state index contributed by atoms with van der Waals surface area (Å²) in [5.74, 6) is -0.0875. The molecule has 0 heterocycles. The zero-order chi connectivity index (χ0) is 18.0. The van der Waals surface area contributed by atoms with Gasteiger partial charge in [0.15, 0.2) is 0 Å². The second kappa shape index (κ2) is 5.17. The van der Waals surface area contributed by atoms with Crippen LogP contribution in [0, 0.1) is 27.4 Å². The molecular formula is C18H21NO6. The van der Waals surface area contributed by atoms with E-state index in [0.29, 0.717) is 31.2 Å². The highest BCUT2D eigenvalue weighted by atomic mass is 17.0. The number of hydrogen-bond acceptors (Lipinski definition) is 6. The molecule has 0 amide bonds. The van der Waals surface area contributed by atoms with Crippen LogP contribution in [0.1, 0.15) is 43.7 Å². The number of aromatic hydroxyl groups is 1. The van der Waals surface area contributed by atoms with Crippen molar-refractivity contribution in [1.29, 1.82) is 0 Å². The van der Waals surface area contributed by atoms with Crippen molar-refractivity contribution in [2.75, 3.05) is 0 Å². The number of fused-ring (bicyclic) bond motifs is 5. The van der Waals surface area contributed by atoms with E-state index in [-0.39, 0.29) is 29.8 Å². The molecule has 3 aliphatic carbocycles. The van der Waals surface area contributed by atoms with Gasteiger partial charge in [-0.05, 0) is 60.8 Å². The number of aliphatic hydroxyl groups is 1. The van der Waals surface area contributed by atoms with Gasteiger partial charge in [0, 0.05) is 11.8 Å². The number of phenols is 1. The molecule has 0 bridgehead atoms. The summed E-state index contributed by atoms with van der Waals surface area (Å²) in [6.07, 6.45) is 1.44. The number of rotatable bonds is 2. The Labute approximate surface area is 144 Å². The van der Waals surface area contributed by atoms with Gasteiger partial charge in [-0.2, -0.15) is 0 Å². The minimum Gasteiger partial charge on any atom is -0.508 e. The molecule has 0 radical (unpaired) electrons. The van der Waals surface area contributed by atoms with Gasteiger partial charge in [0.1, 0.15) is 23.2 Å². The maximum atomic E-state index is 12.5. The molecule has 2 saturated carbocycles. The van der Waals surface area contributed by atoms with E-state index in [1.54, 1.807) is 12.1 Å². The van der Waals surface area contributed by atoms with E-state index in [0.717, 1.165) is 5.56 Å². The fraction of sp³-hybridized carbons (Fsp3) is 0.611. The average Bonchev–Trinajstić information content (AvgIpc) is 2.82. The third kappa shape index (κ3) is 2.11. The summed E-state index contributed by atoms with van der Waals surface area (Å²) in [6, 6.07) is 4.71. The van der Waals surface area contributed by atoms with E-state index >= 15 is 0 Å². The lowest BCUT2D eigenvalue weighted by Crippen LogP contribution is -2.61. The van der Waals surface area contributed by atoms with E-state index in [2.05, 4.69) is 0 Å². The first-order valence-corrected chi connectivity index (χ1v) is 8.66. The quantitative estimate of drug-likeness (QED) is 0.626. The van der Waals surface area contributed by atoms with Crippen LogP contribution in [-0.2, 0) is 21.7 Å². The topological polar surface area (TPSA) is 110 Å². The van der Waals surface area contributed by atoms with E-state index in [4.69, 9.17) is 4.84 Å². The van der Waals surface area contributed by atoms with Gasteiger partial charge in [0.2, 0.25) is 0 Å². The molecule has 4 rings (SSSR count). The predicted molar refractivity (Wildman–Crippen MR) is 86.1 cm³/mol. The zero-order valence-corrected chi connectivity index (χ0v) is 14.0. The van der Waals surface area contributed by atoms with E-state index < -0.39 is 22.2 Å². The van der Waals surface area contributed by atoms with Gasteiger partial charge in [-0.25, -0.2) is 0 Å². The van der Waals surface area contributed by atoms with Crippen molar-refractivity contribution >= 4 is 5.78 Å². The lowest BCUT2D eigenvalue weighted by atomic mass is 9.52. The number of nitrogens with zero attached hydrogens (tertiary/aromatic N) is 1. The monoisotopic (exact) mass is 347 g/mol. The molecule has 7 heteroatoms. The standard InChI is InChI=1S/C18H21NO6/c1-17-9-16(25-19(23)24)18(22)12-5-3-11(20)8-10(12)2-4-14(18)13(17)6-7-15(17)21/h3,5,8,13-14,16,20,22H,2,4,6-7,9H2,1H3/t13-,14-,16-,17-,18-/m0/s1. The van der Waals surface area contributed by atoms with Crippen LogP contribution in [0.15, 0.2) is 18.2 Å². The van der Waals surface area contributed by atoms with Gasteiger partial charge in [0.25, 0.3) is 5.09 Å².